The first-order valence-electron chi connectivity index (χ1n) is 7.22. The van der Waals surface area contributed by atoms with Crippen LogP contribution in [0.15, 0.2) is 36.7 Å². The average Bonchev–Trinajstić information content (AvgIpc) is 2.48. The molecule has 21 heavy (non-hydrogen) atoms. The number of nitrogens with zero attached hydrogens (tertiary/aromatic N) is 2. The third-order valence-electron chi connectivity index (χ3n) is 3.15. The molecule has 4 nitrogen and oxygen atoms in total. The maximum Gasteiger partial charge on any atom is 0.305 e. The molecule has 0 aliphatic carbocycles. The fourth-order valence-electron chi connectivity index (χ4n) is 2.12. The van der Waals surface area contributed by atoms with Crippen molar-refractivity contribution >= 4 is 5.97 Å². The molecule has 0 spiro atoms. The van der Waals surface area contributed by atoms with E-state index in [0.29, 0.717) is 13.0 Å². The van der Waals surface area contributed by atoms with Crippen LogP contribution in [0.25, 0.3) is 11.4 Å². The molecule has 0 atom stereocenters. The number of rotatable bonds is 6. The van der Waals surface area contributed by atoms with Gasteiger partial charge in [-0.05, 0) is 62.1 Å². The lowest BCUT2D eigenvalue weighted by Gasteiger charge is -2.05. The van der Waals surface area contributed by atoms with Gasteiger partial charge < -0.3 is 4.74 Å². The molecular formula is C17H20N2O2. The van der Waals surface area contributed by atoms with Gasteiger partial charge in [-0.15, -0.1) is 0 Å². The van der Waals surface area contributed by atoms with Crippen molar-refractivity contribution in [2.45, 2.75) is 33.1 Å². The van der Waals surface area contributed by atoms with E-state index >= 15 is 0 Å². The highest BCUT2D eigenvalue weighted by atomic mass is 16.5. The molecule has 0 amide bonds. The molecule has 2 heterocycles. The molecule has 0 unspecified atom stereocenters. The Morgan fingerprint density at radius 3 is 2.57 bits per heavy atom. The molecule has 0 aliphatic rings. The molecule has 2 rings (SSSR count). The van der Waals surface area contributed by atoms with E-state index in [9.17, 15) is 4.79 Å². The number of ether oxygens (including phenoxy) is 1. The molecule has 4 heteroatoms. The second-order valence-corrected chi connectivity index (χ2v) is 4.93. The summed E-state index contributed by atoms with van der Waals surface area (Å²) in [6.45, 7) is 4.30. The van der Waals surface area contributed by atoms with Gasteiger partial charge in [-0.2, -0.15) is 0 Å². The molecule has 0 aliphatic heterocycles. The highest BCUT2D eigenvalue weighted by molar-refractivity contribution is 5.69. The Bertz CT molecular complexity index is 611. The molecule has 0 radical (unpaired) electrons. The molecule has 0 saturated carbocycles. The number of pyridine rings is 2. The summed E-state index contributed by atoms with van der Waals surface area (Å²) in [5.41, 5.74) is 4.07. The lowest BCUT2D eigenvalue weighted by atomic mass is 10.1. The quantitative estimate of drug-likeness (QED) is 0.763. The Kier molecular flexibility index (Phi) is 5.43. The van der Waals surface area contributed by atoms with Crippen molar-refractivity contribution in [3.63, 3.8) is 0 Å². The van der Waals surface area contributed by atoms with E-state index < -0.39 is 0 Å². The van der Waals surface area contributed by atoms with Gasteiger partial charge in [-0.25, -0.2) is 0 Å². The SMILES string of the molecule is CCOC(=O)CCCc1ccnc(-c2cc(C)ccn2)c1. The average molecular weight is 284 g/mol. The van der Waals surface area contributed by atoms with Crippen molar-refractivity contribution in [2.75, 3.05) is 6.61 Å². The normalized spacial score (nSPS) is 10.4. The molecule has 0 N–H and O–H groups in total. The molecule has 0 bridgehead atoms. The van der Waals surface area contributed by atoms with Gasteiger partial charge in [-0.1, -0.05) is 0 Å². The van der Waals surface area contributed by atoms with E-state index in [1.54, 1.807) is 12.4 Å². The van der Waals surface area contributed by atoms with Crippen molar-refractivity contribution in [1.29, 1.82) is 0 Å². The van der Waals surface area contributed by atoms with Crippen molar-refractivity contribution in [2.24, 2.45) is 0 Å². The Hall–Kier alpha value is -2.23. The van der Waals surface area contributed by atoms with E-state index in [0.717, 1.165) is 35.4 Å². The Morgan fingerprint density at radius 1 is 1.14 bits per heavy atom. The van der Waals surface area contributed by atoms with Crippen LogP contribution >= 0.6 is 0 Å². The number of carbonyl (C=O) groups excluding carboxylic acids is 1. The topological polar surface area (TPSA) is 52.1 Å². The van der Waals surface area contributed by atoms with Crippen LogP contribution in [0, 0.1) is 6.92 Å². The Morgan fingerprint density at radius 2 is 1.86 bits per heavy atom. The van der Waals surface area contributed by atoms with Gasteiger partial charge in [0, 0.05) is 18.8 Å². The van der Waals surface area contributed by atoms with Gasteiger partial charge in [0.1, 0.15) is 0 Å². The van der Waals surface area contributed by atoms with Crippen LogP contribution in [0.5, 0.6) is 0 Å². The van der Waals surface area contributed by atoms with Crippen LogP contribution in [0.4, 0.5) is 0 Å². The molecule has 2 aromatic heterocycles. The second-order valence-electron chi connectivity index (χ2n) is 4.93. The third-order valence-corrected chi connectivity index (χ3v) is 3.15. The van der Waals surface area contributed by atoms with E-state index in [2.05, 4.69) is 9.97 Å². The predicted octanol–water partition coefficient (Wildman–Crippen LogP) is 3.34. The molecule has 0 saturated heterocycles. The lowest BCUT2D eigenvalue weighted by Crippen LogP contribution is -2.04. The zero-order valence-electron chi connectivity index (χ0n) is 12.5. The first kappa shape index (κ1) is 15.2. The fourth-order valence-corrected chi connectivity index (χ4v) is 2.12. The van der Waals surface area contributed by atoms with Crippen molar-refractivity contribution in [3.05, 3.63) is 47.8 Å². The monoisotopic (exact) mass is 284 g/mol. The van der Waals surface area contributed by atoms with E-state index in [1.165, 1.54) is 0 Å². The summed E-state index contributed by atoms with van der Waals surface area (Å²) in [5.74, 6) is -0.132. The summed E-state index contributed by atoms with van der Waals surface area (Å²) >= 11 is 0. The number of carbonyl (C=O) groups is 1. The standard InChI is InChI=1S/C17H20N2O2/c1-3-21-17(20)6-4-5-14-8-10-19-16(12-14)15-11-13(2)7-9-18-15/h7-12H,3-6H2,1-2H3. The first-order valence-corrected chi connectivity index (χ1v) is 7.22. The first-order chi connectivity index (χ1) is 10.2. The van der Waals surface area contributed by atoms with Crippen LogP contribution in [0.1, 0.15) is 30.9 Å². The number of aromatic nitrogens is 2. The van der Waals surface area contributed by atoms with Crippen LogP contribution < -0.4 is 0 Å². The summed E-state index contributed by atoms with van der Waals surface area (Å²) in [5, 5.41) is 0. The maximum atomic E-state index is 11.3. The van der Waals surface area contributed by atoms with Crippen LogP contribution in [0.3, 0.4) is 0 Å². The number of hydrogen-bond donors (Lipinski definition) is 0. The molecular weight excluding hydrogens is 264 g/mol. The zero-order valence-corrected chi connectivity index (χ0v) is 12.5. The highest BCUT2D eigenvalue weighted by Crippen LogP contribution is 2.17. The van der Waals surface area contributed by atoms with Crippen molar-refractivity contribution in [3.8, 4) is 11.4 Å². The van der Waals surface area contributed by atoms with Gasteiger partial charge in [0.25, 0.3) is 0 Å². The third kappa shape index (κ3) is 4.67. The van der Waals surface area contributed by atoms with Gasteiger partial charge in [0.15, 0.2) is 0 Å². The minimum Gasteiger partial charge on any atom is -0.466 e. The largest absolute Gasteiger partial charge is 0.466 e. The van der Waals surface area contributed by atoms with Crippen molar-refractivity contribution in [1.82, 2.24) is 9.97 Å². The predicted molar refractivity (Wildman–Crippen MR) is 81.8 cm³/mol. The summed E-state index contributed by atoms with van der Waals surface area (Å²) in [7, 11) is 0. The molecule has 0 aromatic carbocycles. The molecule has 110 valence electrons. The Balaban J connectivity index is 2.00. The van der Waals surface area contributed by atoms with Crippen LogP contribution in [0.2, 0.25) is 0 Å². The minimum atomic E-state index is -0.132. The van der Waals surface area contributed by atoms with E-state index in [-0.39, 0.29) is 5.97 Å². The van der Waals surface area contributed by atoms with E-state index in [4.69, 9.17) is 4.74 Å². The number of hydrogen-bond acceptors (Lipinski definition) is 4. The van der Waals surface area contributed by atoms with Crippen LogP contribution in [-0.4, -0.2) is 22.5 Å². The van der Waals surface area contributed by atoms with Gasteiger partial charge in [-0.3, -0.25) is 14.8 Å². The minimum absolute atomic E-state index is 0.132. The van der Waals surface area contributed by atoms with Gasteiger partial charge in [0.05, 0.1) is 18.0 Å². The molecule has 2 aromatic rings. The fraction of sp³-hybridized carbons (Fsp3) is 0.353. The maximum absolute atomic E-state index is 11.3. The van der Waals surface area contributed by atoms with Gasteiger partial charge >= 0.3 is 5.97 Å². The summed E-state index contributed by atoms with van der Waals surface area (Å²) < 4.78 is 4.92. The number of esters is 1. The summed E-state index contributed by atoms with van der Waals surface area (Å²) in [6, 6.07) is 7.99. The zero-order chi connectivity index (χ0) is 15.1. The van der Waals surface area contributed by atoms with Crippen LogP contribution in [-0.2, 0) is 16.0 Å². The lowest BCUT2D eigenvalue weighted by molar-refractivity contribution is -0.143. The van der Waals surface area contributed by atoms with Gasteiger partial charge in [0.2, 0.25) is 0 Å². The summed E-state index contributed by atoms with van der Waals surface area (Å²) in [4.78, 5) is 20.0. The summed E-state index contributed by atoms with van der Waals surface area (Å²) in [6.07, 6.45) is 5.65. The smallest absolute Gasteiger partial charge is 0.305 e. The second kappa shape index (κ2) is 7.53. The van der Waals surface area contributed by atoms with E-state index in [1.807, 2.05) is 38.1 Å². The highest BCUT2D eigenvalue weighted by Gasteiger charge is 2.05. The van der Waals surface area contributed by atoms with Crippen molar-refractivity contribution < 1.29 is 9.53 Å². The molecule has 0 fully saturated rings. The Labute approximate surface area is 125 Å². The number of aryl methyl sites for hydroxylation is 2.